The minimum Gasteiger partial charge on any atom is -0.387 e. The quantitative estimate of drug-likeness (QED) is 0.402. The Morgan fingerprint density at radius 1 is 1.36 bits per heavy atom. The van der Waals surface area contributed by atoms with Crippen molar-refractivity contribution in [2.24, 2.45) is 0 Å². The van der Waals surface area contributed by atoms with Crippen LogP contribution in [0.2, 0.25) is 0 Å². The molecule has 0 amide bonds. The minimum atomic E-state index is -1.25. The predicted molar refractivity (Wildman–Crippen MR) is 75.3 cm³/mol. The van der Waals surface area contributed by atoms with Gasteiger partial charge in [-0.2, -0.15) is 0 Å². The minimum absolute atomic E-state index is 0.209. The van der Waals surface area contributed by atoms with Gasteiger partial charge in [0.25, 0.3) is 0 Å². The molecular weight excluding hydrogens is 292 g/mol. The van der Waals surface area contributed by atoms with Gasteiger partial charge in [0.1, 0.15) is 36.4 Å². The van der Waals surface area contributed by atoms with Crippen molar-refractivity contribution in [1.82, 2.24) is 24.8 Å². The molecule has 10 nitrogen and oxygen atoms in total. The van der Waals surface area contributed by atoms with Crippen LogP contribution in [0.5, 0.6) is 0 Å². The zero-order valence-electron chi connectivity index (χ0n) is 11.9. The second kappa shape index (κ2) is 5.74. The number of hydrogen-bond acceptors (Lipinski definition) is 9. The number of nitrogens with zero attached hydrogens (tertiary/aromatic N) is 4. The summed E-state index contributed by atoms with van der Waals surface area (Å²) in [6.07, 6.45) is -2.84. The highest BCUT2D eigenvalue weighted by atomic mass is 16.6. The van der Waals surface area contributed by atoms with Crippen LogP contribution in [0.4, 0.5) is 5.82 Å². The Morgan fingerprint density at radius 2 is 2.14 bits per heavy atom. The Hall–Kier alpha value is -1.85. The number of fused-ring (bicyclic) bond motifs is 1. The maximum Gasteiger partial charge on any atom is 0.167 e. The van der Waals surface area contributed by atoms with Crippen LogP contribution < -0.4 is 11.1 Å². The van der Waals surface area contributed by atoms with Crippen molar-refractivity contribution in [3.63, 3.8) is 0 Å². The summed E-state index contributed by atoms with van der Waals surface area (Å²) in [7, 11) is 0. The summed E-state index contributed by atoms with van der Waals surface area (Å²) >= 11 is 0. The molecule has 2 aromatic rings. The Bertz CT molecular complexity index is 664. The first-order valence-electron chi connectivity index (χ1n) is 6.90. The number of nitrogens with two attached hydrogens (primary N) is 1. The molecule has 3 rings (SSSR count). The van der Waals surface area contributed by atoms with Crippen molar-refractivity contribution in [1.29, 1.82) is 0 Å². The molecule has 1 saturated heterocycles. The van der Waals surface area contributed by atoms with Crippen molar-refractivity contribution >= 4 is 17.0 Å². The molecule has 0 saturated carbocycles. The number of ether oxygens (including phenoxy) is 1. The van der Waals surface area contributed by atoms with E-state index in [1.165, 1.54) is 17.2 Å². The molecule has 3 heterocycles. The lowest BCUT2D eigenvalue weighted by atomic mass is 10.1. The summed E-state index contributed by atoms with van der Waals surface area (Å²) in [6, 6.07) is 0. The van der Waals surface area contributed by atoms with Crippen molar-refractivity contribution in [2.45, 2.75) is 37.7 Å². The molecule has 1 aliphatic rings. The molecule has 10 heteroatoms. The fraction of sp³-hybridized carbons (Fsp3) is 0.583. The van der Waals surface area contributed by atoms with Gasteiger partial charge in [0, 0.05) is 0 Å². The number of nitrogens with one attached hydrogen (secondary N) is 1. The van der Waals surface area contributed by atoms with Gasteiger partial charge < -0.3 is 25.8 Å². The summed E-state index contributed by atoms with van der Waals surface area (Å²) in [4.78, 5) is 12.0. The van der Waals surface area contributed by atoms with E-state index in [1.807, 2.05) is 6.92 Å². The molecule has 0 radical (unpaired) electrons. The molecule has 5 atom stereocenters. The molecule has 6 N–H and O–H groups in total. The maximum absolute atomic E-state index is 10.2. The van der Waals surface area contributed by atoms with E-state index in [4.69, 9.17) is 10.5 Å². The van der Waals surface area contributed by atoms with Crippen LogP contribution in [0.3, 0.4) is 0 Å². The number of hydrogen-bond donors (Lipinski definition) is 5. The molecule has 0 unspecified atom stereocenters. The third-order valence-electron chi connectivity index (χ3n) is 3.66. The van der Waals surface area contributed by atoms with E-state index in [0.717, 1.165) is 0 Å². The standard InChI is InChI=1S/C12H18N6O4/c1-2-14-11(21)8-6(19)7(20)12(22-8)18-4-17-5-9(13)15-3-16-10(5)18/h3-4,6-8,11-12,14,19-21H,2H2,1H3,(H2,13,15,16)/t6-,7+,8-,11+,12+/m0/s1. The Morgan fingerprint density at radius 3 is 2.86 bits per heavy atom. The lowest BCUT2D eigenvalue weighted by Crippen LogP contribution is -2.46. The number of aliphatic hydroxyl groups is 3. The molecule has 1 aliphatic heterocycles. The van der Waals surface area contributed by atoms with E-state index in [1.54, 1.807) is 0 Å². The number of nitrogen functional groups attached to an aromatic ring is 1. The van der Waals surface area contributed by atoms with Crippen molar-refractivity contribution in [3.8, 4) is 0 Å². The van der Waals surface area contributed by atoms with Gasteiger partial charge in [-0.3, -0.25) is 9.88 Å². The van der Waals surface area contributed by atoms with Gasteiger partial charge in [0.15, 0.2) is 17.7 Å². The number of anilines is 1. The monoisotopic (exact) mass is 310 g/mol. The normalized spacial score (nSPS) is 30.0. The predicted octanol–water partition coefficient (Wildman–Crippen LogP) is -2.04. The first-order chi connectivity index (χ1) is 10.5. The van der Waals surface area contributed by atoms with E-state index < -0.39 is 30.8 Å². The van der Waals surface area contributed by atoms with Gasteiger partial charge in [0.2, 0.25) is 0 Å². The van der Waals surface area contributed by atoms with Crippen molar-refractivity contribution < 1.29 is 20.1 Å². The lowest BCUT2D eigenvalue weighted by Gasteiger charge is -2.21. The lowest BCUT2D eigenvalue weighted by molar-refractivity contribution is -0.0928. The van der Waals surface area contributed by atoms with Crippen molar-refractivity contribution in [3.05, 3.63) is 12.7 Å². The van der Waals surface area contributed by atoms with E-state index in [2.05, 4.69) is 20.3 Å². The van der Waals surface area contributed by atoms with E-state index >= 15 is 0 Å². The molecule has 0 aromatic carbocycles. The molecule has 0 bridgehead atoms. The topological polar surface area (TPSA) is 152 Å². The average molecular weight is 310 g/mol. The van der Waals surface area contributed by atoms with Gasteiger partial charge in [-0.25, -0.2) is 15.0 Å². The number of aromatic nitrogens is 4. The van der Waals surface area contributed by atoms with E-state index in [0.29, 0.717) is 17.7 Å². The fourth-order valence-electron chi connectivity index (χ4n) is 2.56. The summed E-state index contributed by atoms with van der Waals surface area (Å²) in [5.74, 6) is 0.209. The molecular formula is C12H18N6O4. The molecule has 2 aromatic heterocycles. The van der Waals surface area contributed by atoms with E-state index in [-0.39, 0.29) is 5.82 Å². The second-order valence-electron chi connectivity index (χ2n) is 5.06. The Labute approximate surface area is 125 Å². The van der Waals surface area contributed by atoms with Crippen LogP contribution in [0.15, 0.2) is 12.7 Å². The highest BCUT2D eigenvalue weighted by Gasteiger charge is 2.47. The molecule has 0 aliphatic carbocycles. The third kappa shape index (κ3) is 2.30. The summed E-state index contributed by atoms with van der Waals surface area (Å²) in [5, 5.41) is 33.0. The third-order valence-corrected chi connectivity index (χ3v) is 3.66. The van der Waals surface area contributed by atoms with Gasteiger partial charge in [-0.15, -0.1) is 0 Å². The van der Waals surface area contributed by atoms with Crippen LogP contribution >= 0.6 is 0 Å². The zero-order valence-corrected chi connectivity index (χ0v) is 11.9. The Balaban J connectivity index is 1.92. The van der Waals surface area contributed by atoms with Crippen LogP contribution in [0.25, 0.3) is 11.2 Å². The van der Waals surface area contributed by atoms with Gasteiger partial charge in [0.05, 0.1) is 6.33 Å². The largest absolute Gasteiger partial charge is 0.387 e. The number of aliphatic hydroxyl groups excluding tert-OH is 3. The Kier molecular flexibility index (Phi) is 3.93. The van der Waals surface area contributed by atoms with Gasteiger partial charge >= 0.3 is 0 Å². The highest BCUT2D eigenvalue weighted by molar-refractivity contribution is 5.81. The summed E-state index contributed by atoms with van der Waals surface area (Å²) in [6.45, 7) is 2.30. The molecule has 1 fully saturated rings. The smallest absolute Gasteiger partial charge is 0.167 e. The number of rotatable bonds is 4. The number of likely N-dealkylation sites (N-methyl/N-ethyl adjacent to an activating group) is 1. The van der Waals surface area contributed by atoms with Crippen LogP contribution in [-0.2, 0) is 4.74 Å². The molecule has 0 spiro atoms. The first kappa shape index (κ1) is 15.1. The van der Waals surface area contributed by atoms with Gasteiger partial charge in [-0.1, -0.05) is 6.92 Å². The van der Waals surface area contributed by atoms with Crippen molar-refractivity contribution in [2.75, 3.05) is 12.3 Å². The highest BCUT2D eigenvalue weighted by Crippen LogP contribution is 2.32. The van der Waals surface area contributed by atoms with Crippen LogP contribution in [-0.4, -0.2) is 65.9 Å². The first-order valence-corrected chi connectivity index (χ1v) is 6.90. The summed E-state index contributed by atoms with van der Waals surface area (Å²) in [5.41, 5.74) is 6.47. The van der Waals surface area contributed by atoms with E-state index in [9.17, 15) is 15.3 Å². The van der Waals surface area contributed by atoms with Crippen LogP contribution in [0.1, 0.15) is 13.2 Å². The molecule has 22 heavy (non-hydrogen) atoms. The van der Waals surface area contributed by atoms with Gasteiger partial charge in [-0.05, 0) is 6.54 Å². The molecule has 120 valence electrons. The fourth-order valence-corrected chi connectivity index (χ4v) is 2.56. The zero-order chi connectivity index (χ0) is 15.9. The summed E-state index contributed by atoms with van der Waals surface area (Å²) < 4.78 is 7.06. The maximum atomic E-state index is 10.2. The average Bonchev–Trinajstić information content (AvgIpc) is 3.03. The SMILES string of the molecule is CCN[C@H](O)[C@H]1O[C@@H](n2cnc3c(N)ncnc32)[C@H](O)[C@@H]1O. The van der Waals surface area contributed by atoms with Crippen LogP contribution in [0, 0.1) is 0 Å². The second-order valence-corrected chi connectivity index (χ2v) is 5.06. The number of imidazole rings is 1.